The Balaban J connectivity index is 2.12. The molecule has 0 saturated carbocycles. The van der Waals surface area contributed by atoms with Crippen LogP contribution < -0.4 is 5.73 Å². The van der Waals surface area contributed by atoms with E-state index in [4.69, 9.17) is 5.73 Å². The Morgan fingerprint density at radius 2 is 2.16 bits per heavy atom. The summed E-state index contributed by atoms with van der Waals surface area (Å²) in [7, 11) is 2.07. The van der Waals surface area contributed by atoms with Gasteiger partial charge < -0.3 is 5.73 Å². The van der Waals surface area contributed by atoms with Gasteiger partial charge in [-0.15, -0.1) is 0 Å². The first-order chi connectivity index (χ1) is 9.06. The summed E-state index contributed by atoms with van der Waals surface area (Å²) < 4.78 is 13.0. The van der Waals surface area contributed by atoms with Gasteiger partial charge in [0.2, 0.25) is 5.91 Å². The van der Waals surface area contributed by atoms with Gasteiger partial charge in [-0.25, -0.2) is 4.39 Å². The molecule has 3 nitrogen and oxygen atoms in total. The van der Waals surface area contributed by atoms with E-state index in [1.54, 1.807) is 0 Å². The van der Waals surface area contributed by atoms with Crippen LogP contribution in [-0.2, 0) is 4.79 Å². The van der Waals surface area contributed by atoms with Crippen LogP contribution in [0.4, 0.5) is 4.39 Å². The van der Waals surface area contributed by atoms with Crippen molar-refractivity contribution in [1.29, 1.82) is 0 Å². The number of halogens is 1. The molecule has 1 aromatic rings. The minimum absolute atomic E-state index is 0.216. The molecule has 0 radical (unpaired) electrons. The first-order valence-corrected chi connectivity index (χ1v) is 6.48. The SMILES string of the molecule is CN1CC/C(=C/CC(N)=O)CC1c1ccc(F)cc1. The van der Waals surface area contributed by atoms with Crippen LogP contribution in [0.3, 0.4) is 0 Å². The second-order valence-electron chi connectivity index (χ2n) is 5.03. The van der Waals surface area contributed by atoms with E-state index in [1.807, 2.05) is 18.2 Å². The van der Waals surface area contributed by atoms with Gasteiger partial charge in [0, 0.05) is 19.0 Å². The van der Waals surface area contributed by atoms with Gasteiger partial charge >= 0.3 is 0 Å². The van der Waals surface area contributed by atoms with Crippen molar-refractivity contribution < 1.29 is 9.18 Å². The van der Waals surface area contributed by atoms with Crippen LogP contribution in [0.5, 0.6) is 0 Å². The molecule has 2 rings (SSSR count). The highest BCUT2D eigenvalue weighted by atomic mass is 19.1. The number of benzene rings is 1. The van der Waals surface area contributed by atoms with Crippen molar-refractivity contribution in [2.75, 3.05) is 13.6 Å². The van der Waals surface area contributed by atoms with Crippen molar-refractivity contribution in [2.24, 2.45) is 5.73 Å². The summed E-state index contributed by atoms with van der Waals surface area (Å²) in [5.74, 6) is -0.517. The fourth-order valence-corrected chi connectivity index (χ4v) is 2.47. The third kappa shape index (κ3) is 3.64. The van der Waals surface area contributed by atoms with E-state index in [2.05, 4.69) is 11.9 Å². The quantitative estimate of drug-likeness (QED) is 0.850. The summed E-state index contributed by atoms with van der Waals surface area (Å²) in [6.45, 7) is 0.937. The summed E-state index contributed by atoms with van der Waals surface area (Å²) in [6.07, 6.45) is 4.07. The Bertz CT molecular complexity index is 481. The predicted octanol–water partition coefficient (Wildman–Crippen LogP) is 2.39. The lowest BCUT2D eigenvalue weighted by atomic mass is 9.91. The number of piperidine rings is 1. The first-order valence-electron chi connectivity index (χ1n) is 6.48. The summed E-state index contributed by atoms with van der Waals surface area (Å²) >= 11 is 0. The van der Waals surface area contributed by atoms with Gasteiger partial charge in [-0.3, -0.25) is 9.69 Å². The number of amides is 1. The molecule has 1 unspecified atom stereocenters. The molecular weight excluding hydrogens is 243 g/mol. The second-order valence-corrected chi connectivity index (χ2v) is 5.03. The Morgan fingerprint density at radius 3 is 2.79 bits per heavy atom. The fraction of sp³-hybridized carbons (Fsp3) is 0.400. The van der Waals surface area contributed by atoms with Crippen molar-refractivity contribution in [3.63, 3.8) is 0 Å². The Kier molecular flexibility index (Phi) is 4.32. The molecular formula is C15H19FN2O. The van der Waals surface area contributed by atoms with E-state index in [0.29, 0.717) is 6.42 Å². The molecule has 1 aliphatic heterocycles. The largest absolute Gasteiger partial charge is 0.369 e. The van der Waals surface area contributed by atoms with Crippen LogP contribution in [0, 0.1) is 5.82 Å². The zero-order valence-corrected chi connectivity index (χ0v) is 11.1. The van der Waals surface area contributed by atoms with Crippen molar-refractivity contribution in [3.05, 3.63) is 47.3 Å². The third-order valence-electron chi connectivity index (χ3n) is 3.62. The molecule has 19 heavy (non-hydrogen) atoms. The average Bonchev–Trinajstić information content (AvgIpc) is 2.39. The van der Waals surface area contributed by atoms with E-state index in [0.717, 1.165) is 24.9 Å². The monoisotopic (exact) mass is 262 g/mol. The Labute approximate surface area is 112 Å². The molecule has 1 aliphatic rings. The van der Waals surface area contributed by atoms with Crippen LogP contribution in [0.15, 0.2) is 35.9 Å². The summed E-state index contributed by atoms with van der Waals surface area (Å²) in [6, 6.07) is 6.88. The molecule has 1 saturated heterocycles. The van der Waals surface area contributed by atoms with E-state index in [9.17, 15) is 9.18 Å². The molecule has 102 valence electrons. The van der Waals surface area contributed by atoms with Gasteiger partial charge in [-0.2, -0.15) is 0 Å². The zero-order chi connectivity index (χ0) is 13.8. The van der Waals surface area contributed by atoms with Gasteiger partial charge in [0.05, 0.1) is 0 Å². The standard InChI is InChI=1S/C15H19FN2O/c1-18-9-8-11(2-7-15(17)19)10-14(18)12-3-5-13(16)6-4-12/h2-6,14H,7-10H2,1H3,(H2,17,19)/b11-2-. The van der Waals surface area contributed by atoms with Crippen LogP contribution in [0.1, 0.15) is 30.9 Å². The molecule has 2 N–H and O–H groups in total. The maximum Gasteiger partial charge on any atom is 0.221 e. The van der Waals surface area contributed by atoms with E-state index >= 15 is 0 Å². The lowest BCUT2D eigenvalue weighted by molar-refractivity contribution is -0.117. The average molecular weight is 262 g/mol. The highest BCUT2D eigenvalue weighted by Crippen LogP contribution is 2.32. The normalized spacial score (nSPS) is 22.6. The predicted molar refractivity (Wildman–Crippen MR) is 72.9 cm³/mol. The molecule has 1 fully saturated rings. The molecule has 1 atom stereocenters. The summed E-state index contributed by atoms with van der Waals surface area (Å²) in [5.41, 5.74) is 7.52. The van der Waals surface area contributed by atoms with Crippen molar-refractivity contribution in [3.8, 4) is 0 Å². The smallest absolute Gasteiger partial charge is 0.221 e. The lowest BCUT2D eigenvalue weighted by Crippen LogP contribution is -2.30. The molecule has 0 spiro atoms. The van der Waals surface area contributed by atoms with Crippen molar-refractivity contribution in [2.45, 2.75) is 25.3 Å². The van der Waals surface area contributed by atoms with Crippen molar-refractivity contribution >= 4 is 5.91 Å². The topological polar surface area (TPSA) is 46.3 Å². The minimum atomic E-state index is -0.301. The number of likely N-dealkylation sites (tertiary alicyclic amines) is 1. The highest BCUT2D eigenvalue weighted by molar-refractivity contribution is 5.75. The highest BCUT2D eigenvalue weighted by Gasteiger charge is 2.23. The number of carbonyl (C=O) groups excluding carboxylic acids is 1. The maximum atomic E-state index is 13.0. The van der Waals surface area contributed by atoms with Crippen LogP contribution in [0.25, 0.3) is 0 Å². The van der Waals surface area contributed by atoms with Crippen LogP contribution in [-0.4, -0.2) is 24.4 Å². The number of primary amides is 1. The minimum Gasteiger partial charge on any atom is -0.369 e. The van der Waals surface area contributed by atoms with Crippen LogP contribution in [0.2, 0.25) is 0 Å². The lowest BCUT2D eigenvalue weighted by Gasteiger charge is -2.34. The molecule has 1 amide bonds. The molecule has 0 aromatic heterocycles. The number of hydrogen-bond acceptors (Lipinski definition) is 2. The number of hydrogen-bond donors (Lipinski definition) is 1. The number of nitrogens with two attached hydrogens (primary N) is 1. The molecule has 0 bridgehead atoms. The van der Waals surface area contributed by atoms with Gasteiger partial charge in [0.1, 0.15) is 5.82 Å². The second kappa shape index (κ2) is 5.97. The van der Waals surface area contributed by atoms with Gasteiger partial charge in [-0.05, 0) is 37.6 Å². The van der Waals surface area contributed by atoms with Crippen molar-refractivity contribution in [1.82, 2.24) is 4.90 Å². The fourth-order valence-electron chi connectivity index (χ4n) is 2.47. The third-order valence-corrected chi connectivity index (χ3v) is 3.62. The van der Waals surface area contributed by atoms with E-state index in [1.165, 1.54) is 17.7 Å². The Hall–Kier alpha value is -1.68. The van der Waals surface area contributed by atoms with Crippen LogP contribution >= 0.6 is 0 Å². The van der Waals surface area contributed by atoms with Gasteiger partial charge in [-0.1, -0.05) is 23.8 Å². The molecule has 1 aromatic carbocycles. The van der Waals surface area contributed by atoms with Gasteiger partial charge in [0.15, 0.2) is 0 Å². The van der Waals surface area contributed by atoms with E-state index in [-0.39, 0.29) is 17.8 Å². The van der Waals surface area contributed by atoms with E-state index < -0.39 is 0 Å². The van der Waals surface area contributed by atoms with Gasteiger partial charge in [0.25, 0.3) is 0 Å². The Morgan fingerprint density at radius 1 is 1.47 bits per heavy atom. The maximum absolute atomic E-state index is 13.0. The first kappa shape index (κ1) is 13.7. The number of carbonyl (C=O) groups is 1. The zero-order valence-electron chi connectivity index (χ0n) is 11.1. The number of nitrogens with zero attached hydrogens (tertiary/aromatic N) is 1. The summed E-state index contributed by atoms with van der Waals surface area (Å²) in [5, 5.41) is 0. The molecule has 4 heteroatoms. The molecule has 1 heterocycles. The molecule has 0 aliphatic carbocycles. The summed E-state index contributed by atoms with van der Waals surface area (Å²) in [4.78, 5) is 13.1. The number of rotatable bonds is 3.